The molecule has 1 atom stereocenters. The second kappa shape index (κ2) is 9.39. The standard InChI is InChI=1S/C20H22ClNO5/c1-12-8-15(9-13(2)19(12)27-11-18(23)24)20(25)22-10-17(26-3)14-4-6-16(21)7-5-14/h4-9,17H,10-11H2,1-3H3,(H,22,25)(H,23,24). The van der Waals surface area contributed by atoms with E-state index in [-0.39, 0.29) is 12.0 Å². The average molecular weight is 392 g/mol. The first-order chi connectivity index (χ1) is 12.8. The fourth-order valence-electron chi connectivity index (χ4n) is 2.75. The van der Waals surface area contributed by atoms with Gasteiger partial charge in [-0.3, -0.25) is 4.79 Å². The largest absolute Gasteiger partial charge is 0.481 e. The van der Waals surface area contributed by atoms with E-state index in [1.807, 2.05) is 12.1 Å². The molecule has 0 aromatic heterocycles. The molecule has 0 bridgehead atoms. The third-order valence-electron chi connectivity index (χ3n) is 4.04. The Hall–Kier alpha value is -2.57. The van der Waals surface area contributed by atoms with E-state index in [0.717, 1.165) is 5.56 Å². The summed E-state index contributed by atoms with van der Waals surface area (Å²) < 4.78 is 10.7. The maximum atomic E-state index is 12.5. The number of hydrogen-bond donors (Lipinski definition) is 2. The number of aryl methyl sites for hydroxylation is 2. The summed E-state index contributed by atoms with van der Waals surface area (Å²) >= 11 is 5.90. The molecule has 0 aliphatic rings. The van der Waals surface area contributed by atoms with Gasteiger partial charge in [0.05, 0.1) is 6.10 Å². The Morgan fingerprint density at radius 3 is 2.26 bits per heavy atom. The molecule has 0 saturated heterocycles. The van der Waals surface area contributed by atoms with E-state index in [1.54, 1.807) is 45.2 Å². The lowest BCUT2D eigenvalue weighted by molar-refractivity contribution is -0.139. The molecule has 2 aromatic rings. The van der Waals surface area contributed by atoms with Crippen LogP contribution >= 0.6 is 11.6 Å². The van der Waals surface area contributed by atoms with Crippen molar-refractivity contribution in [3.8, 4) is 5.75 Å². The number of carbonyl (C=O) groups excluding carboxylic acids is 1. The molecular formula is C20H22ClNO5. The second-order valence-corrected chi connectivity index (χ2v) is 6.54. The molecule has 144 valence electrons. The highest BCUT2D eigenvalue weighted by Gasteiger charge is 2.16. The van der Waals surface area contributed by atoms with Gasteiger partial charge in [0.2, 0.25) is 0 Å². The van der Waals surface area contributed by atoms with Crippen LogP contribution in [0.25, 0.3) is 0 Å². The molecule has 0 spiro atoms. The first-order valence-corrected chi connectivity index (χ1v) is 8.72. The van der Waals surface area contributed by atoms with Crippen molar-refractivity contribution < 1.29 is 24.2 Å². The molecule has 0 aliphatic carbocycles. The van der Waals surface area contributed by atoms with Gasteiger partial charge in [-0.1, -0.05) is 23.7 Å². The van der Waals surface area contributed by atoms with Crippen LogP contribution in [0.15, 0.2) is 36.4 Å². The van der Waals surface area contributed by atoms with Crippen molar-refractivity contribution in [2.24, 2.45) is 0 Å². The number of hydrogen-bond acceptors (Lipinski definition) is 4. The van der Waals surface area contributed by atoms with Crippen LogP contribution in [0.5, 0.6) is 5.75 Å². The number of carboxylic acid groups (broad SMARTS) is 1. The van der Waals surface area contributed by atoms with E-state index in [4.69, 9.17) is 26.2 Å². The van der Waals surface area contributed by atoms with Crippen LogP contribution in [0.2, 0.25) is 5.02 Å². The van der Waals surface area contributed by atoms with E-state index in [2.05, 4.69) is 5.32 Å². The number of nitrogens with one attached hydrogen (secondary N) is 1. The van der Waals surface area contributed by atoms with E-state index in [0.29, 0.717) is 34.0 Å². The Bertz CT molecular complexity index is 797. The van der Waals surface area contributed by atoms with E-state index in [9.17, 15) is 9.59 Å². The number of methoxy groups -OCH3 is 1. The van der Waals surface area contributed by atoms with Gasteiger partial charge in [-0.25, -0.2) is 4.79 Å². The lowest BCUT2D eigenvalue weighted by Crippen LogP contribution is -2.29. The van der Waals surface area contributed by atoms with Gasteiger partial charge in [-0.2, -0.15) is 0 Å². The van der Waals surface area contributed by atoms with Crippen molar-refractivity contribution in [2.75, 3.05) is 20.3 Å². The zero-order valence-corrected chi connectivity index (χ0v) is 16.2. The third-order valence-corrected chi connectivity index (χ3v) is 4.29. The minimum absolute atomic E-state index is 0.248. The second-order valence-electron chi connectivity index (χ2n) is 6.11. The number of amides is 1. The Labute approximate surface area is 163 Å². The molecular weight excluding hydrogens is 370 g/mol. The van der Waals surface area contributed by atoms with Gasteiger partial charge in [0.25, 0.3) is 5.91 Å². The van der Waals surface area contributed by atoms with Crippen molar-refractivity contribution in [3.05, 3.63) is 63.7 Å². The van der Waals surface area contributed by atoms with E-state index < -0.39 is 12.6 Å². The Morgan fingerprint density at radius 2 is 1.74 bits per heavy atom. The number of ether oxygens (including phenoxy) is 2. The number of aliphatic carboxylic acids is 1. The minimum atomic E-state index is -1.05. The smallest absolute Gasteiger partial charge is 0.341 e. The molecule has 2 rings (SSSR count). The minimum Gasteiger partial charge on any atom is -0.481 e. The monoisotopic (exact) mass is 391 g/mol. The number of halogens is 1. The first-order valence-electron chi connectivity index (χ1n) is 8.34. The first kappa shape index (κ1) is 20.7. The zero-order chi connectivity index (χ0) is 20.0. The molecule has 2 N–H and O–H groups in total. The summed E-state index contributed by atoms with van der Waals surface area (Å²) in [5.41, 5.74) is 2.77. The van der Waals surface area contributed by atoms with Crippen LogP contribution in [0.1, 0.15) is 33.2 Å². The van der Waals surface area contributed by atoms with Gasteiger partial charge >= 0.3 is 5.97 Å². The fourth-order valence-corrected chi connectivity index (χ4v) is 2.87. The van der Waals surface area contributed by atoms with Crippen LogP contribution in [0.4, 0.5) is 0 Å². The van der Waals surface area contributed by atoms with Crippen LogP contribution in [0.3, 0.4) is 0 Å². The van der Waals surface area contributed by atoms with E-state index >= 15 is 0 Å². The predicted molar refractivity (Wildman–Crippen MR) is 103 cm³/mol. The van der Waals surface area contributed by atoms with Gasteiger partial charge in [-0.05, 0) is 54.8 Å². The molecule has 2 aromatic carbocycles. The fraction of sp³-hybridized carbons (Fsp3) is 0.300. The highest BCUT2D eigenvalue weighted by molar-refractivity contribution is 6.30. The van der Waals surface area contributed by atoms with Crippen molar-refractivity contribution in [3.63, 3.8) is 0 Å². The van der Waals surface area contributed by atoms with Crippen LogP contribution < -0.4 is 10.1 Å². The van der Waals surface area contributed by atoms with Gasteiger partial charge in [0.15, 0.2) is 6.61 Å². The lowest BCUT2D eigenvalue weighted by atomic mass is 10.0. The van der Waals surface area contributed by atoms with Crippen molar-refractivity contribution in [1.82, 2.24) is 5.32 Å². The topological polar surface area (TPSA) is 84.9 Å². The van der Waals surface area contributed by atoms with Crippen molar-refractivity contribution in [2.45, 2.75) is 20.0 Å². The maximum absolute atomic E-state index is 12.5. The normalized spacial score (nSPS) is 11.7. The van der Waals surface area contributed by atoms with E-state index in [1.165, 1.54) is 0 Å². The summed E-state index contributed by atoms with van der Waals surface area (Å²) in [5.74, 6) is -0.824. The van der Waals surface area contributed by atoms with Crippen LogP contribution in [0, 0.1) is 13.8 Å². The average Bonchev–Trinajstić information content (AvgIpc) is 2.62. The summed E-state index contributed by atoms with van der Waals surface area (Å²) in [6.45, 7) is 3.41. The molecule has 6 nitrogen and oxygen atoms in total. The van der Waals surface area contributed by atoms with Crippen LogP contribution in [-0.2, 0) is 9.53 Å². The molecule has 1 amide bonds. The van der Waals surface area contributed by atoms with Gasteiger partial charge < -0.3 is 19.9 Å². The maximum Gasteiger partial charge on any atom is 0.341 e. The van der Waals surface area contributed by atoms with Gasteiger partial charge in [0.1, 0.15) is 5.75 Å². The number of rotatable bonds is 8. The quantitative estimate of drug-likeness (QED) is 0.719. The lowest BCUT2D eigenvalue weighted by Gasteiger charge is -2.17. The van der Waals surface area contributed by atoms with Crippen molar-refractivity contribution >= 4 is 23.5 Å². The molecule has 0 saturated carbocycles. The molecule has 0 heterocycles. The molecule has 0 fully saturated rings. The highest BCUT2D eigenvalue weighted by atomic mass is 35.5. The highest BCUT2D eigenvalue weighted by Crippen LogP contribution is 2.25. The molecule has 1 unspecified atom stereocenters. The Morgan fingerprint density at radius 1 is 1.15 bits per heavy atom. The summed E-state index contributed by atoms with van der Waals surface area (Å²) in [6, 6.07) is 10.6. The number of benzene rings is 2. The number of carbonyl (C=O) groups is 2. The molecule has 0 aliphatic heterocycles. The predicted octanol–water partition coefficient (Wildman–Crippen LogP) is 3.54. The van der Waals surface area contributed by atoms with Gasteiger partial charge in [0, 0.05) is 24.2 Å². The summed E-state index contributed by atoms with van der Waals surface area (Å²) in [6.07, 6.45) is -0.299. The molecule has 0 radical (unpaired) electrons. The molecule has 7 heteroatoms. The summed E-state index contributed by atoms with van der Waals surface area (Å²) in [4.78, 5) is 23.2. The van der Waals surface area contributed by atoms with Crippen molar-refractivity contribution in [1.29, 1.82) is 0 Å². The third kappa shape index (κ3) is 5.70. The zero-order valence-electron chi connectivity index (χ0n) is 15.4. The van der Waals surface area contributed by atoms with Gasteiger partial charge in [-0.15, -0.1) is 0 Å². The number of carboxylic acids is 1. The summed E-state index contributed by atoms with van der Waals surface area (Å²) in [7, 11) is 1.58. The SMILES string of the molecule is COC(CNC(=O)c1cc(C)c(OCC(=O)O)c(C)c1)c1ccc(Cl)cc1. The van der Waals surface area contributed by atoms with Crippen LogP contribution in [-0.4, -0.2) is 37.2 Å². The Kier molecular flexibility index (Phi) is 7.21. The Balaban J connectivity index is 2.06. The molecule has 27 heavy (non-hydrogen) atoms. The summed E-state index contributed by atoms with van der Waals surface area (Å²) in [5, 5.41) is 12.2.